The first-order valence-corrected chi connectivity index (χ1v) is 7.12. The normalized spacial score (nSPS) is 13.1. The van der Waals surface area contributed by atoms with E-state index in [-0.39, 0.29) is 11.9 Å². The highest BCUT2D eigenvalue weighted by molar-refractivity contribution is 5.81. The molecule has 0 unspecified atom stereocenters. The molecule has 0 aromatic heterocycles. The van der Waals surface area contributed by atoms with E-state index in [2.05, 4.69) is 27.7 Å². The largest absolute Gasteiger partial charge is 0.341 e. The van der Waals surface area contributed by atoms with Crippen LogP contribution in [0.4, 0.5) is 0 Å². The molecule has 4 heteroatoms. The van der Waals surface area contributed by atoms with Crippen molar-refractivity contribution < 1.29 is 4.79 Å². The van der Waals surface area contributed by atoms with Crippen LogP contribution in [0.3, 0.4) is 0 Å². The van der Waals surface area contributed by atoms with E-state index in [1.165, 1.54) is 0 Å². The van der Waals surface area contributed by atoms with Gasteiger partial charge in [-0.25, -0.2) is 0 Å². The van der Waals surface area contributed by atoms with Crippen molar-refractivity contribution in [2.75, 3.05) is 19.6 Å². The summed E-state index contributed by atoms with van der Waals surface area (Å²) >= 11 is 0. The third-order valence-corrected chi connectivity index (χ3v) is 2.77. The quantitative estimate of drug-likeness (QED) is 0.616. The molecule has 0 radical (unpaired) electrons. The minimum atomic E-state index is -0.367. The second kappa shape index (κ2) is 9.34. The number of hydrogen-bond acceptors (Lipinski definition) is 3. The van der Waals surface area contributed by atoms with Crippen LogP contribution in [0, 0.1) is 11.8 Å². The van der Waals surface area contributed by atoms with Gasteiger partial charge in [0.05, 0.1) is 6.04 Å². The van der Waals surface area contributed by atoms with Gasteiger partial charge in [-0.2, -0.15) is 0 Å². The van der Waals surface area contributed by atoms with Crippen molar-refractivity contribution >= 4 is 5.91 Å². The van der Waals surface area contributed by atoms with E-state index in [1.807, 2.05) is 4.90 Å². The molecular formula is C14H31N3O. The molecule has 18 heavy (non-hydrogen) atoms. The summed E-state index contributed by atoms with van der Waals surface area (Å²) in [5, 5.41) is 0. The molecule has 0 aliphatic heterocycles. The van der Waals surface area contributed by atoms with Crippen LogP contribution < -0.4 is 11.5 Å². The molecule has 0 spiro atoms. The summed E-state index contributed by atoms with van der Waals surface area (Å²) in [5.74, 6) is 1.04. The van der Waals surface area contributed by atoms with Crippen molar-refractivity contribution in [1.82, 2.24) is 4.90 Å². The first-order valence-electron chi connectivity index (χ1n) is 7.12. The summed E-state index contributed by atoms with van der Waals surface area (Å²) in [6.07, 6.45) is 2.61. The summed E-state index contributed by atoms with van der Waals surface area (Å²) in [4.78, 5) is 14.2. The first kappa shape index (κ1) is 17.4. The minimum Gasteiger partial charge on any atom is -0.341 e. The maximum Gasteiger partial charge on any atom is 0.239 e. The number of hydrogen-bond donors (Lipinski definition) is 2. The lowest BCUT2D eigenvalue weighted by atomic mass is 10.1. The van der Waals surface area contributed by atoms with Gasteiger partial charge >= 0.3 is 0 Å². The minimum absolute atomic E-state index is 0.0921. The Balaban J connectivity index is 4.33. The molecule has 0 aromatic carbocycles. The lowest BCUT2D eigenvalue weighted by Gasteiger charge is -2.29. The molecule has 0 fully saturated rings. The second-order valence-corrected chi connectivity index (χ2v) is 5.92. The summed E-state index contributed by atoms with van der Waals surface area (Å²) < 4.78 is 0. The summed E-state index contributed by atoms with van der Waals surface area (Å²) in [5.41, 5.74) is 11.4. The predicted molar refractivity (Wildman–Crippen MR) is 77.1 cm³/mol. The van der Waals surface area contributed by atoms with Gasteiger partial charge in [-0.15, -0.1) is 0 Å². The Bertz CT molecular complexity index is 219. The van der Waals surface area contributed by atoms with E-state index in [0.29, 0.717) is 18.4 Å². The Morgan fingerprint density at radius 3 is 1.94 bits per heavy atom. The fourth-order valence-electron chi connectivity index (χ4n) is 2.00. The highest BCUT2D eigenvalue weighted by atomic mass is 16.2. The van der Waals surface area contributed by atoms with Crippen LogP contribution in [-0.2, 0) is 4.79 Å². The zero-order valence-electron chi connectivity index (χ0n) is 12.5. The zero-order chi connectivity index (χ0) is 14.1. The predicted octanol–water partition coefficient (Wildman–Crippen LogP) is 1.58. The Labute approximate surface area is 112 Å². The number of amides is 1. The second-order valence-electron chi connectivity index (χ2n) is 5.92. The highest BCUT2D eigenvalue weighted by Crippen LogP contribution is 2.08. The van der Waals surface area contributed by atoms with Crippen LogP contribution in [0.5, 0.6) is 0 Å². The van der Waals surface area contributed by atoms with Crippen molar-refractivity contribution in [3.8, 4) is 0 Å². The van der Waals surface area contributed by atoms with Gasteiger partial charge in [-0.05, 0) is 31.2 Å². The standard InChI is InChI=1S/C14H31N3O/c1-11(2)9-17(10-12(3)4)14(18)13(16)7-5-6-8-15/h11-13H,5-10,15-16H2,1-4H3/t13-/m0/s1. The highest BCUT2D eigenvalue weighted by Gasteiger charge is 2.21. The molecule has 108 valence electrons. The fraction of sp³-hybridized carbons (Fsp3) is 0.929. The Hall–Kier alpha value is -0.610. The van der Waals surface area contributed by atoms with Gasteiger partial charge < -0.3 is 16.4 Å². The fourth-order valence-corrected chi connectivity index (χ4v) is 2.00. The van der Waals surface area contributed by atoms with E-state index in [4.69, 9.17) is 11.5 Å². The molecule has 1 amide bonds. The van der Waals surface area contributed by atoms with Crippen LogP contribution >= 0.6 is 0 Å². The Kier molecular flexibility index (Phi) is 9.02. The monoisotopic (exact) mass is 257 g/mol. The average molecular weight is 257 g/mol. The van der Waals surface area contributed by atoms with Gasteiger partial charge in [-0.3, -0.25) is 4.79 Å². The zero-order valence-corrected chi connectivity index (χ0v) is 12.5. The lowest BCUT2D eigenvalue weighted by Crippen LogP contribution is -2.46. The molecule has 1 atom stereocenters. The van der Waals surface area contributed by atoms with Gasteiger partial charge in [0.1, 0.15) is 0 Å². The lowest BCUT2D eigenvalue weighted by molar-refractivity contribution is -0.133. The summed E-state index contributed by atoms with van der Waals surface area (Å²) in [6.45, 7) is 10.8. The third kappa shape index (κ3) is 7.67. The molecule has 0 saturated carbocycles. The van der Waals surface area contributed by atoms with Gasteiger partial charge in [0.25, 0.3) is 0 Å². The molecule has 0 rings (SSSR count). The smallest absolute Gasteiger partial charge is 0.239 e. The molecule has 0 heterocycles. The van der Waals surface area contributed by atoms with Crippen molar-refractivity contribution in [2.45, 2.75) is 53.0 Å². The van der Waals surface area contributed by atoms with Crippen molar-refractivity contribution in [3.05, 3.63) is 0 Å². The topological polar surface area (TPSA) is 72.3 Å². The summed E-state index contributed by atoms with van der Waals surface area (Å²) in [7, 11) is 0. The number of unbranched alkanes of at least 4 members (excludes halogenated alkanes) is 1. The molecule has 0 saturated heterocycles. The van der Waals surface area contributed by atoms with Crippen molar-refractivity contribution in [2.24, 2.45) is 23.3 Å². The van der Waals surface area contributed by atoms with E-state index < -0.39 is 0 Å². The maximum atomic E-state index is 12.3. The molecule has 4 N–H and O–H groups in total. The SMILES string of the molecule is CC(C)CN(CC(C)C)C(=O)[C@@H](N)CCCCN. The van der Waals surface area contributed by atoms with Crippen LogP contribution in [0.15, 0.2) is 0 Å². The maximum absolute atomic E-state index is 12.3. The molecule has 0 aliphatic carbocycles. The van der Waals surface area contributed by atoms with Crippen LogP contribution in [-0.4, -0.2) is 36.5 Å². The number of nitrogens with zero attached hydrogens (tertiary/aromatic N) is 1. The van der Waals surface area contributed by atoms with Crippen LogP contribution in [0.25, 0.3) is 0 Å². The molecular weight excluding hydrogens is 226 g/mol. The Morgan fingerprint density at radius 1 is 1.06 bits per heavy atom. The van der Waals surface area contributed by atoms with E-state index in [9.17, 15) is 4.79 Å². The summed E-state index contributed by atoms with van der Waals surface area (Å²) in [6, 6.07) is -0.367. The molecule has 0 bridgehead atoms. The first-order chi connectivity index (χ1) is 8.38. The van der Waals surface area contributed by atoms with Gasteiger partial charge in [0.15, 0.2) is 0 Å². The van der Waals surface area contributed by atoms with Gasteiger partial charge in [0, 0.05) is 13.1 Å². The van der Waals surface area contributed by atoms with Gasteiger partial charge in [0.2, 0.25) is 5.91 Å². The van der Waals surface area contributed by atoms with Crippen molar-refractivity contribution in [1.29, 1.82) is 0 Å². The van der Waals surface area contributed by atoms with Crippen molar-refractivity contribution in [3.63, 3.8) is 0 Å². The van der Waals surface area contributed by atoms with E-state index in [1.54, 1.807) is 0 Å². The Morgan fingerprint density at radius 2 is 1.56 bits per heavy atom. The number of nitrogens with two attached hydrogens (primary N) is 2. The van der Waals surface area contributed by atoms with Crippen LogP contribution in [0.1, 0.15) is 47.0 Å². The number of rotatable bonds is 9. The average Bonchev–Trinajstić information content (AvgIpc) is 2.26. The number of carbonyl (C=O) groups excluding carboxylic acids is 1. The van der Waals surface area contributed by atoms with Gasteiger partial charge in [-0.1, -0.05) is 34.1 Å². The van der Waals surface area contributed by atoms with E-state index >= 15 is 0 Å². The molecule has 0 aromatic rings. The molecule has 0 aliphatic rings. The van der Waals surface area contributed by atoms with E-state index in [0.717, 1.165) is 32.4 Å². The molecule has 4 nitrogen and oxygen atoms in total. The third-order valence-electron chi connectivity index (χ3n) is 2.77. The van der Waals surface area contributed by atoms with Crippen LogP contribution in [0.2, 0.25) is 0 Å². The number of carbonyl (C=O) groups is 1.